The lowest BCUT2D eigenvalue weighted by Crippen LogP contribution is -2.44. The highest BCUT2D eigenvalue weighted by atomic mass is 79.9. The maximum absolute atomic E-state index is 12.1. The van der Waals surface area contributed by atoms with Gasteiger partial charge in [-0.05, 0) is 31.5 Å². The van der Waals surface area contributed by atoms with Crippen molar-refractivity contribution in [2.24, 2.45) is 0 Å². The molecule has 2 nitrogen and oxygen atoms in total. The van der Waals surface area contributed by atoms with Crippen molar-refractivity contribution in [3.05, 3.63) is 23.8 Å². The van der Waals surface area contributed by atoms with Gasteiger partial charge >= 0.3 is 0 Å². The van der Waals surface area contributed by atoms with Gasteiger partial charge in [0.2, 0.25) is 5.91 Å². The first-order chi connectivity index (χ1) is 7.45. The zero-order chi connectivity index (χ0) is 11.9. The molecule has 0 bridgehead atoms. The van der Waals surface area contributed by atoms with Crippen molar-refractivity contribution >= 4 is 39.3 Å². The molecule has 2 rings (SSSR count). The zero-order valence-electron chi connectivity index (χ0n) is 9.58. The SMILES string of the molecule is CN1C(=O)C(C)(C)Sc2cc(CBr)ccc21. The summed E-state index contributed by atoms with van der Waals surface area (Å²) in [6.07, 6.45) is 0. The first-order valence-corrected chi connectivity index (χ1v) is 7.05. The molecule has 1 aliphatic heterocycles. The van der Waals surface area contributed by atoms with Gasteiger partial charge in [0.25, 0.3) is 0 Å². The number of carbonyl (C=O) groups excluding carboxylic acids is 1. The Bertz CT molecular complexity index is 445. The Kier molecular flexibility index (Phi) is 3.05. The van der Waals surface area contributed by atoms with E-state index in [-0.39, 0.29) is 10.7 Å². The van der Waals surface area contributed by atoms with Crippen molar-refractivity contribution in [3.8, 4) is 0 Å². The van der Waals surface area contributed by atoms with Crippen molar-refractivity contribution in [1.82, 2.24) is 0 Å². The molecule has 0 N–H and O–H groups in total. The fourth-order valence-electron chi connectivity index (χ4n) is 1.83. The molecule has 0 aromatic heterocycles. The van der Waals surface area contributed by atoms with Crippen LogP contribution in [0.2, 0.25) is 0 Å². The third kappa shape index (κ3) is 1.89. The van der Waals surface area contributed by atoms with E-state index in [0.29, 0.717) is 0 Å². The number of carbonyl (C=O) groups is 1. The second-order valence-electron chi connectivity index (χ2n) is 4.41. The lowest BCUT2D eigenvalue weighted by atomic mass is 10.1. The van der Waals surface area contributed by atoms with Crippen molar-refractivity contribution in [3.63, 3.8) is 0 Å². The minimum Gasteiger partial charge on any atom is -0.313 e. The maximum Gasteiger partial charge on any atom is 0.242 e. The molecule has 1 aliphatic rings. The summed E-state index contributed by atoms with van der Waals surface area (Å²) in [5.74, 6) is 0.164. The van der Waals surface area contributed by atoms with Crippen LogP contribution in [0.15, 0.2) is 23.1 Å². The van der Waals surface area contributed by atoms with Crippen LogP contribution in [0.25, 0.3) is 0 Å². The third-order valence-electron chi connectivity index (χ3n) is 2.72. The first kappa shape index (κ1) is 12.0. The number of fused-ring (bicyclic) bond motifs is 1. The summed E-state index contributed by atoms with van der Waals surface area (Å²) in [5.41, 5.74) is 2.25. The monoisotopic (exact) mass is 299 g/mol. The smallest absolute Gasteiger partial charge is 0.242 e. The van der Waals surface area contributed by atoms with E-state index in [1.807, 2.05) is 27.0 Å². The average molecular weight is 300 g/mol. The highest BCUT2D eigenvalue weighted by Crippen LogP contribution is 2.44. The van der Waals surface area contributed by atoms with E-state index in [1.54, 1.807) is 16.7 Å². The normalized spacial score (nSPS) is 18.5. The number of rotatable bonds is 1. The Morgan fingerprint density at radius 3 is 2.75 bits per heavy atom. The maximum atomic E-state index is 12.1. The molecule has 86 valence electrons. The molecule has 1 heterocycles. The molecule has 4 heteroatoms. The average Bonchev–Trinajstić information content (AvgIpc) is 2.25. The molecule has 0 spiro atoms. The van der Waals surface area contributed by atoms with Crippen molar-refractivity contribution < 1.29 is 4.79 Å². The van der Waals surface area contributed by atoms with Gasteiger partial charge in [-0.1, -0.05) is 22.0 Å². The van der Waals surface area contributed by atoms with Crippen LogP contribution in [0.4, 0.5) is 5.69 Å². The summed E-state index contributed by atoms with van der Waals surface area (Å²) in [6.45, 7) is 3.94. The number of nitrogens with zero attached hydrogens (tertiary/aromatic N) is 1. The largest absolute Gasteiger partial charge is 0.313 e. The number of hydrogen-bond acceptors (Lipinski definition) is 2. The molecule has 0 unspecified atom stereocenters. The molecule has 0 atom stereocenters. The number of alkyl halides is 1. The van der Waals surface area contributed by atoms with Crippen molar-refractivity contribution in [2.45, 2.75) is 28.8 Å². The quantitative estimate of drug-likeness (QED) is 0.741. The second kappa shape index (κ2) is 4.08. The fourth-order valence-corrected chi connectivity index (χ4v) is 3.47. The highest BCUT2D eigenvalue weighted by Gasteiger charge is 2.38. The molecule has 0 radical (unpaired) electrons. The predicted octanol–water partition coefficient (Wildman–Crippen LogP) is 3.43. The molecular formula is C12H14BrNOS. The van der Waals surface area contributed by atoms with E-state index in [0.717, 1.165) is 11.0 Å². The summed E-state index contributed by atoms with van der Waals surface area (Å²) < 4.78 is -0.368. The van der Waals surface area contributed by atoms with Gasteiger partial charge in [-0.25, -0.2) is 0 Å². The summed E-state index contributed by atoms with van der Waals surface area (Å²) >= 11 is 5.09. The molecule has 1 amide bonds. The molecule has 0 saturated heterocycles. The zero-order valence-corrected chi connectivity index (χ0v) is 12.0. The van der Waals surface area contributed by atoms with Crippen molar-refractivity contribution in [1.29, 1.82) is 0 Å². The lowest BCUT2D eigenvalue weighted by molar-refractivity contribution is -0.120. The molecule has 16 heavy (non-hydrogen) atoms. The van der Waals surface area contributed by atoms with Crippen LogP contribution in [0.1, 0.15) is 19.4 Å². The van der Waals surface area contributed by atoms with Gasteiger partial charge in [-0.3, -0.25) is 4.79 Å². The molecule has 1 aromatic rings. The standard InChI is InChI=1S/C12H14BrNOS/c1-12(2)11(15)14(3)9-5-4-8(7-13)6-10(9)16-12/h4-6H,7H2,1-3H3. The van der Waals surface area contributed by atoms with Gasteiger partial charge in [0.05, 0.1) is 10.4 Å². The minimum atomic E-state index is -0.368. The molecular weight excluding hydrogens is 286 g/mol. The predicted molar refractivity (Wildman–Crippen MR) is 72.4 cm³/mol. The fraction of sp³-hybridized carbons (Fsp3) is 0.417. The number of anilines is 1. The Hall–Kier alpha value is -0.480. The number of benzene rings is 1. The minimum absolute atomic E-state index is 0.164. The van der Waals surface area contributed by atoms with Crippen LogP contribution < -0.4 is 4.90 Å². The van der Waals surface area contributed by atoms with E-state index < -0.39 is 0 Å². The number of thioether (sulfide) groups is 1. The molecule has 1 aromatic carbocycles. The van der Waals surface area contributed by atoms with Crippen LogP contribution in [-0.4, -0.2) is 17.7 Å². The Morgan fingerprint density at radius 1 is 1.44 bits per heavy atom. The van der Waals surface area contributed by atoms with Crippen molar-refractivity contribution in [2.75, 3.05) is 11.9 Å². The van der Waals surface area contributed by atoms with Gasteiger partial charge in [0.1, 0.15) is 0 Å². The third-order valence-corrected chi connectivity index (χ3v) is 4.60. The van der Waals surface area contributed by atoms with Gasteiger partial charge in [-0.15, -0.1) is 11.8 Å². The summed E-state index contributed by atoms with van der Waals surface area (Å²) in [5, 5.41) is 0.846. The van der Waals surface area contributed by atoms with Gasteiger partial charge in [0.15, 0.2) is 0 Å². The Morgan fingerprint density at radius 2 is 2.12 bits per heavy atom. The van der Waals surface area contributed by atoms with Crippen LogP contribution in [0.5, 0.6) is 0 Å². The van der Waals surface area contributed by atoms with E-state index in [4.69, 9.17) is 0 Å². The molecule has 0 fully saturated rings. The summed E-state index contributed by atoms with van der Waals surface area (Å²) in [6, 6.07) is 6.22. The number of halogens is 1. The van der Waals surface area contributed by atoms with E-state index in [1.165, 1.54) is 10.5 Å². The lowest BCUT2D eigenvalue weighted by Gasteiger charge is -2.35. The van der Waals surface area contributed by atoms with Crippen LogP contribution in [0, 0.1) is 0 Å². The number of hydrogen-bond donors (Lipinski definition) is 0. The summed E-state index contributed by atoms with van der Waals surface area (Å²) in [7, 11) is 1.84. The highest BCUT2D eigenvalue weighted by molar-refractivity contribution is 9.08. The van der Waals surface area contributed by atoms with Gasteiger partial charge in [-0.2, -0.15) is 0 Å². The topological polar surface area (TPSA) is 20.3 Å². The van der Waals surface area contributed by atoms with E-state index in [9.17, 15) is 4.79 Å². The molecule has 0 aliphatic carbocycles. The number of amides is 1. The van der Waals surface area contributed by atoms with Crippen LogP contribution in [-0.2, 0) is 10.1 Å². The van der Waals surface area contributed by atoms with Crippen LogP contribution in [0.3, 0.4) is 0 Å². The first-order valence-electron chi connectivity index (χ1n) is 5.12. The molecule has 0 saturated carbocycles. The Balaban J connectivity index is 2.51. The van der Waals surface area contributed by atoms with E-state index in [2.05, 4.69) is 28.1 Å². The second-order valence-corrected chi connectivity index (χ2v) is 6.64. The van der Waals surface area contributed by atoms with E-state index >= 15 is 0 Å². The van der Waals surface area contributed by atoms with Crippen LogP contribution >= 0.6 is 27.7 Å². The summed E-state index contributed by atoms with van der Waals surface area (Å²) in [4.78, 5) is 15.0. The Labute approximate surface area is 109 Å². The van der Waals surface area contributed by atoms with Gasteiger partial charge in [0, 0.05) is 17.3 Å². The van der Waals surface area contributed by atoms with Gasteiger partial charge < -0.3 is 4.90 Å².